The molecule has 0 N–H and O–H groups in total. The Labute approximate surface area is 172 Å². The minimum absolute atomic E-state index is 0.00297. The van der Waals surface area contributed by atoms with Gasteiger partial charge in [-0.1, -0.05) is 23.2 Å². The Morgan fingerprint density at radius 2 is 1.18 bits per heavy atom. The molecule has 0 saturated carbocycles. The van der Waals surface area contributed by atoms with E-state index in [-0.39, 0.29) is 17.7 Å². The summed E-state index contributed by atoms with van der Waals surface area (Å²) in [6, 6.07) is 11.7. The van der Waals surface area contributed by atoms with Gasteiger partial charge in [-0.05, 0) is 62.4 Å². The summed E-state index contributed by atoms with van der Waals surface area (Å²) >= 11 is 11.7. The predicted molar refractivity (Wildman–Crippen MR) is 106 cm³/mol. The van der Waals surface area contributed by atoms with E-state index in [2.05, 4.69) is 0 Å². The van der Waals surface area contributed by atoms with Crippen LogP contribution in [0.5, 0.6) is 0 Å². The Kier molecular flexibility index (Phi) is 7.49. The Balaban J connectivity index is 2.50. The van der Waals surface area contributed by atoms with Crippen molar-refractivity contribution in [3.63, 3.8) is 0 Å². The molecule has 0 aliphatic rings. The molecule has 0 bridgehead atoms. The molecule has 2 unspecified atom stereocenters. The lowest BCUT2D eigenvalue weighted by atomic mass is 9.79. The van der Waals surface area contributed by atoms with E-state index in [9.17, 15) is 19.2 Å². The minimum atomic E-state index is -1.60. The second-order valence-corrected chi connectivity index (χ2v) is 6.93. The monoisotopic (exact) mass is 420 g/mol. The van der Waals surface area contributed by atoms with Crippen LogP contribution in [0.2, 0.25) is 10.0 Å². The van der Waals surface area contributed by atoms with Gasteiger partial charge in [-0.15, -0.1) is 0 Å². The number of ketones is 3. The van der Waals surface area contributed by atoms with Gasteiger partial charge in [-0.2, -0.15) is 0 Å². The van der Waals surface area contributed by atoms with Crippen LogP contribution in [0.4, 0.5) is 0 Å². The van der Waals surface area contributed by atoms with E-state index in [1.165, 1.54) is 55.5 Å². The average Bonchev–Trinajstić information content (AvgIpc) is 2.66. The van der Waals surface area contributed by atoms with Crippen LogP contribution in [0.1, 0.15) is 34.6 Å². The van der Waals surface area contributed by atoms with Gasteiger partial charge in [-0.25, -0.2) is 0 Å². The summed E-state index contributed by atoms with van der Waals surface area (Å²) in [4.78, 5) is 50.9. The number of Topliss-reactive ketones (excluding diaryl/α,β-unsaturated/α-hetero) is 3. The Hall–Kier alpha value is -2.50. The Morgan fingerprint density at radius 1 is 0.786 bits per heavy atom. The molecule has 2 aromatic rings. The van der Waals surface area contributed by atoms with Crippen LogP contribution in [-0.2, 0) is 14.3 Å². The van der Waals surface area contributed by atoms with E-state index in [4.69, 9.17) is 27.9 Å². The number of esters is 1. The van der Waals surface area contributed by atoms with Gasteiger partial charge in [0.2, 0.25) is 0 Å². The van der Waals surface area contributed by atoms with Crippen LogP contribution in [0.25, 0.3) is 0 Å². The number of benzene rings is 2. The first-order valence-electron chi connectivity index (χ1n) is 8.53. The first-order valence-corrected chi connectivity index (χ1v) is 9.28. The van der Waals surface area contributed by atoms with Gasteiger partial charge in [0, 0.05) is 21.2 Å². The van der Waals surface area contributed by atoms with Crippen LogP contribution in [0, 0.1) is 11.8 Å². The first-order chi connectivity index (χ1) is 13.3. The van der Waals surface area contributed by atoms with E-state index < -0.39 is 35.2 Å². The van der Waals surface area contributed by atoms with Crippen molar-refractivity contribution in [2.75, 3.05) is 6.61 Å². The molecular formula is C21H18Cl2O5. The first kappa shape index (κ1) is 21.8. The molecule has 5 nitrogen and oxygen atoms in total. The van der Waals surface area contributed by atoms with Crippen molar-refractivity contribution in [2.45, 2.75) is 13.8 Å². The van der Waals surface area contributed by atoms with Crippen LogP contribution >= 0.6 is 23.2 Å². The Bertz CT molecular complexity index is 888. The summed E-state index contributed by atoms with van der Waals surface area (Å²) in [7, 11) is 0. The summed E-state index contributed by atoms with van der Waals surface area (Å²) in [5.74, 6) is -5.97. The number of hydrogen-bond acceptors (Lipinski definition) is 5. The third-order valence-corrected chi connectivity index (χ3v) is 4.64. The molecule has 0 spiro atoms. The van der Waals surface area contributed by atoms with Crippen molar-refractivity contribution in [1.82, 2.24) is 0 Å². The molecule has 0 aliphatic carbocycles. The lowest BCUT2D eigenvalue weighted by molar-refractivity contribution is -0.149. The van der Waals surface area contributed by atoms with E-state index in [0.717, 1.165) is 0 Å². The summed E-state index contributed by atoms with van der Waals surface area (Å²) in [5, 5.41) is 0.819. The van der Waals surface area contributed by atoms with Crippen molar-refractivity contribution in [3.8, 4) is 0 Å². The molecule has 2 aromatic carbocycles. The van der Waals surface area contributed by atoms with Gasteiger partial charge in [0.1, 0.15) is 17.6 Å². The topological polar surface area (TPSA) is 77.5 Å². The number of ether oxygens (including phenoxy) is 1. The molecule has 7 heteroatoms. The summed E-state index contributed by atoms with van der Waals surface area (Å²) in [6.07, 6.45) is 0. The highest BCUT2D eigenvalue weighted by atomic mass is 35.5. The fraction of sp³-hybridized carbons (Fsp3) is 0.238. The third-order valence-electron chi connectivity index (χ3n) is 4.13. The molecule has 28 heavy (non-hydrogen) atoms. The molecule has 146 valence electrons. The number of carbonyl (C=O) groups is 4. The second-order valence-electron chi connectivity index (χ2n) is 6.06. The second kappa shape index (κ2) is 9.62. The zero-order valence-electron chi connectivity index (χ0n) is 15.3. The maximum atomic E-state index is 13.0. The van der Waals surface area contributed by atoms with Gasteiger partial charge in [0.05, 0.1) is 6.61 Å². The molecule has 0 heterocycles. The standard InChI is InChI=1S/C21H18Cl2O5/c1-3-28-21(27)18(20(26)14-6-10-16(23)11-7-14)17(12(2)24)19(25)13-4-8-15(22)9-5-13/h4-11,17-18H,3H2,1-2H3. The van der Waals surface area contributed by atoms with Crippen molar-refractivity contribution >= 4 is 46.5 Å². The molecule has 0 saturated heterocycles. The maximum Gasteiger partial charge on any atom is 0.318 e. The normalized spacial score (nSPS) is 12.7. The molecule has 0 radical (unpaired) electrons. The van der Waals surface area contributed by atoms with Crippen molar-refractivity contribution in [1.29, 1.82) is 0 Å². The highest BCUT2D eigenvalue weighted by Crippen LogP contribution is 2.26. The van der Waals surface area contributed by atoms with Crippen molar-refractivity contribution in [3.05, 3.63) is 69.7 Å². The predicted octanol–water partition coefficient (Wildman–Crippen LogP) is 4.44. The van der Waals surface area contributed by atoms with Crippen LogP contribution in [-0.4, -0.2) is 29.9 Å². The maximum absolute atomic E-state index is 13.0. The summed E-state index contributed by atoms with van der Waals surface area (Å²) in [5.41, 5.74) is 0.320. The van der Waals surface area contributed by atoms with Crippen LogP contribution in [0.3, 0.4) is 0 Å². The SMILES string of the molecule is CCOC(=O)C(C(=O)c1ccc(Cl)cc1)C(C(C)=O)C(=O)c1ccc(Cl)cc1. The molecule has 0 aromatic heterocycles. The Morgan fingerprint density at radius 3 is 1.54 bits per heavy atom. The third kappa shape index (κ3) is 5.06. The van der Waals surface area contributed by atoms with Crippen molar-refractivity contribution in [2.24, 2.45) is 11.8 Å². The zero-order valence-corrected chi connectivity index (χ0v) is 16.8. The minimum Gasteiger partial charge on any atom is -0.465 e. The van der Waals surface area contributed by atoms with Crippen molar-refractivity contribution < 1.29 is 23.9 Å². The summed E-state index contributed by atoms with van der Waals surface area (Å²) in [6.45, 7) is 2.74. The highest BCUT2D eigenvalue weighted by molar-refractivity contribution is 6.31. The molecular weight excluding hydrogens is 403 g/mol. The van der Waals surface area contributed by atoms with E-state index >= 15 is 0 Å². The van der Waals surface area contributed by atoms with Crippen LogP contribution < -0.4 is 0 Å². The number of hydrogen-bond donors (Lipinski definition) is 0. The molecule has 0 fully saturated rings. The fourth-order valence-electron chi connectivity index (χ4n) is 2.78. The highest BCUT2D eigenvalue weighted by Gasteiger charge is 2.43. The fourth-order valence-corrected chi connectivity index (χ4v) is 3.04. The molecule has 0 amide bonds. The van der Waals surface area contributed by atoms with Gasteiger partial charge in [0.15, 0.2) is 11.6 Å². The smallest absolute Gasteiger partial charge is 0.318 e. The van der Waals surface area contributed by atoms with Gasteiger partial charge >= 0.3 is 5.97 Å². The lowest BCUT2D eigenvalue weighted by Gasteiger charge is -2.22. The quantitative estimate of drug-likeness (QED) is 0.358. The number of carbonyl (C=O) groups excluding carboxylic acids is 4. The van der Waals surface area contributed by atoms with E-state index in [1.807, 2.05) is 0 Å². The van der Waals surface area contributed by atoms with E-state index in [0.29, 0.717) is 10.0 Å². The zero-order chi connectivity index (χ0) is 20.8. The van der Waals surface area contributed by atoms with Gasteiger partial charge in [-0.3, -0.25) is 19.2 Å². The molecule has 0 aliphatic heterocycles. The van der Waals surface area contributed by atoms with Crippen LogP contribution in [0.15, 0.2) is 48.5 Å². The van der Waals surface area contributed by atoms with Gasteiger partial charge in [0.25, 0.3) is 0 Å². The average molecular weight is 421 g/mol. The van der Waals surface area contributed by atoms with E-state index in [1.54, 1.807) is 6.92 Å². The number of rotatable bonds is 8. The largest absolute Gasteiger partial charge is 0.465 e. The summed E-state index contributed by atoms with van der Waals surface area (Å²) < 4.78 is 5.00. The lowest BCUT2D eigenvalue weighted by Crippen LogP contribution is -2.41. The molecule has 2 atom stereocenters. The molecule has 2 rings (SSSR count). The van der Waals surface area contributed by atoms with Gasteiger partial charge < -0.3 is 4.74 Å². The number of halogens is 2.